The van der Waals surface area contributed by atoms with Gasteiger partial charge in [-0.25, -0.2) is 0 Å². The minimum absolute atomic E-state index is 0.144. The third-order valence-corrected chi connectivity index (χ3v) is 3.64. The van der Waals surface area contributed by atoms with Crippen LogP contribution in [0, 0.1) is 0 Å². The fourth-order valence-electron chi connectivity index (χ4n) is 2.37. The summed E-state index contributed by atoms with van der Waals surface area (Å²) >= 11 is 0. The van der Waals surface area contributed by atoms with E-state index in [0.29, 0.717) is 5.56 Å². The van der Waals surface area contributed by atoms with Crippen LogP contribution in [0.25, 0.3) is 0 Å². The lowest BCUT2D eigenvalue weighted by molar-refractivity contribution is -0.137. The number of alkyl halides is 3. The maximum atomic E-state index is 12.5. The number of carbonyl (C=O) groups excluding carboxylic acids is 1. The normalized spacial score (nSPS) is 17.0. The monoisotopic (exact) mass is 286 g/mol. The van der Waals surface area contributed by atoms with Crippen molar-refractivity contribution in [2.24, 2.45) is 0 Å². The lowest BCUT2D eigenvalue weighted by Crippen LogP contribution is -2.43. The van der Waals surface area contributed by atoms with E-state index in [-0.39, 0.29) is 11.9 Å². The second-order valence-electron chi connectivity index (χ2n) is 4.97. The van der Waals surface area contributed by atoms with E-state index in [2.05, 4.69) is 5.32 Å². The highest BCUT2D eigenvalue weighted by atomic mass is 19.4. The minimum Gasteiger partial charge on any atom is -0.339 e. The van der Waals surface area contributed by atoms with Crippen molar-refractivity contribution in [3.8, 4) is 0 Å². The van der Waals surface area contributed by atoms with Crippen LogP contribution in [0.5, 0.6) is 0 Å². The van der Waals surface area contributed by atoms with Crippen molar-refractivity contribution in [2.45, 2.75) is 25.1 Å². The molecule has 0 aromatic heterocycles. The quantitative estimate of drug-likeness (QED) is 0.906. The molecule has 0 spiro atoms. The van der Waals surface area contributed by atoms with Gasteiger partial charge in [0, 0.05) is 18.7 Å². The summed E-state index contributed by atoms with van der Waals surface area (Å²) in [6, 6.07) is 4.52. The van der Waals surface area contributed by atoms with E-state index in [0.717, 1.165) is 38.1 Å². The summed E-state index contributed by atoms with van der Waals surface area (Å²) in [5.41, 5.74) is -0.447. The molecule has 0 bridgehead atoms. The Balaban J connectivity index is 2.08. The summed E-state index contributed by atoms with van der Waals surface area (Å²) in [6.07, 6.45) is -2.64. The van der Waals surface area contributed by atoms with E-state index >= 15 is 0 Å². The molecule has 6 heteroatoms. The van der Waals surface area contributed by atoms with Gasteiger partial charge in [-0.3, -0.25) is 4.79 Å². The number of amides is 1. The number of rotatable bonds is 2. The maximum absolute atomic E-state index is 12.5. The van der Waals surface area contributed by atoms with Gasteiger partial charge in [0.05, 0.1) is 5.56 Å². The van der Waals surface area contributed by atoms with Gasteiger partial charge in [-0.1, -0.05) is 0 Å². The average molecular weight is 286 g/mol. The van der Waals surface area contributed by atoms with Crippen LogP contribution < -0.4 is 5.32 Å². The number of benzene rings is 1. The van der Waals surface area contributed by atoms with Crippen LogP contribution in [0.1, 0.15) is 28.8 Å². The van der Waals surface area contributed by atoms with E-state index in [1.54, 1.807) is 11.9 Å². The zero-order valence-electron chi connectivity index (χ0n) is 11.2. The molecule has 0 unspecified atom stereocenters. The third-order valence-electron chi connectivity index (χ3n) is 3.64. The van der Waals surface area contributed by atoms with E-state index < -0.39 is 11.7 Å². The highest BCUT2D eigenvalue weighted by Crippen LogP contribution is 2.29. The highest BCUT2D eigenvalue weighted by molar-refractivity contribution is 5.94. The maximum Gasteiger partial charge on any atom is 0.416 e. The molecular weight excluding hydrogens is 269 g/mol. The van der Waals surface area contributed by atoms with Crippen LogP contribution >= 0.6 is 0 Å². The zero-order chi connectivity index (χ0) is 14.8. The van der Waals surface area contributed by atoms with E-state index in [9.17, 15) is 18.0 Å². The second kappa shape index (κ2) is 5.83. The SMILES string of the molecule is CN(C(=O)c1ccc(C(F)(F)F)cc1)C1CCNCC1. The van der Waals surface area contributed by atoms with E-state index in [1.807, 2.05) is 0 Å². The number of piperidine rings is 1. The predicted octanol–water partition coefficient (Wildman–Crippen LogP) is 2.53. The molecular formula is C14H17F3N2O. The van der Waals surface area contributed by atoms with Crippen LogP contribution in [-0.4, -0.2) is 37.0 Å². The van der Waals surface area contributed by atoms with Gasteiger partial charge in [-0.05, 0) is 50.2 Å². The molecule has 2 rings (SSSR count). The van der Waals surface area contributed by atoms with E-state index in [1.165, 1.54) is 12.1 Å². The summed E-state index contributed by atoms with van der Waals surface area (Å²) in [6.45, 7) is 1.71. The fraction of sp³-hybridized carbons (Fsp3) is 0.500. The van der Waals surface area contributed by atoms with Crippen LogP contribution in [0.15, 0.2) is 24.3 Å². The molecule has 0 saturated carbocycles. The molecule has 20 heavy (non-hydrogen) atoms. The first-order chi connectivity index (χ1) is 9.39. The number of nitrogens with zero attached hydrogens (tertiary/aromatic N) is 1. The van der Waals surface area contributed by atoms with E-state index in [4.69, 9.17) is 0 Å². The van der Waals surface area contributed by atoms with Crippen molar-refractivity contribution in [2.75, 3.05) is 20.1 Å². The third kappa shape index (κ3) is 3.30. The van der Waals surface area contributed by atoms with Gasteiger partial charge in [0.1, 0.15) is 0 Å². The molecule has 0 atom stereocenters. The standard InChI is InChI=1S/C14H17F3N2O/c1-19(12-6-8-18-9-7-12)13(20)10-2-4-11(5-3-10)14(15,16)17/h2-5,12,18H,6-9H2,1H3. The number of carbonyl (C=O) groups is 1. The molecule has 1 aliphatic rings. The largest absolute Gasteiger partial charge is 0.416 e. The minimum atomic E-state index is -4.37. The van der Waals surface area contributed by atoms with Crippen molar-refractivity contribution in [3.05, 3.63) is 35.4 Å². The van der Waals surface area contributed by atoms with Crippen molar-refractivity contribution < 1.29 is 18.0 Å². The first-order valence-corrected chi connectivity index (χ1v) is 6.55. The highest BCUT2D eigenvalue weighted by Gasteiger charge is 2.30. The Morgan fingerprint density at radius 1 is 1.20 bits per heavy atom. The predicted molar refractivity (Wildman–Crippen MR) is 69.4 cm³/mol. The molecule has 3 nitrogen and oxygen atoms in total. The molecule has 1 N–H and O–H groups in total. The Morgan fingerprint density at radius 3 is 2.25 bits per heavy atom. The van der Waals surface area contributed by atoms with Crippen LogP contribution in [0.4, 0.5) is 13.2 Å². The van der Waals surface area contributed by atoms with Crippen LogP contribution in [-0.2, 0) is 6.18 Å². The Bertz CT molecular complexity index is 464. The molecule has 0 aliphatic carbocycles. The smallest absolute Gasteiger partial charge is 0.339 e. The van der Waals surface area contributed by atoms with Gasteiger partial charge in [-0.15, -0.1) is 0 Å². The molecule has 1 amide bonds. The lowest BCUT2D eigenvalue weighted by atomic mass is 10.0. The summed E-state index contributed by atoms with van der Waals surface area (Å²) in [7, 11) is 1.70. The molecule has 1 heterocycles. The van der Waals surface area contributed by atoms with Gasteiger partial charge in [0.2, 0.25) is 0 Å². The van der Waals surface area contributed by atoms with Crippen molar-refractivity contribution in [1.29, 1.82) is 0 Å². The topological polar surface area (TPSA) is 32.3 Å². The number of hydrogen-bond donors (Lipinski definition) is 1. The van der Waals surface area contributed by atoms with Gasteiger partial charge >= 0.3 is 6.18 Å². The lowest BCUT2D eigenvalue weighted by Gasteiger charge is -2.31. The van der Waals surface area contributed by atoms with Gasteiger partial charge < -0.3 is 10.2 Å². The van der Waals surface area contributed by atoms with Crippen LogP contribution in [0.2, 0.25) is 0 Å². The second-order valence-corrected chi connectivity index (χ2v) is 4.97. The summed E-state index contributed by atoms with van der Waals surface area (Å²) < 4.78 is 37.4. The van der Waals surface area contributed by atoms with Gasteiger partial charge in [0.15, 0.2) is 0 Å². The van der Waals surface area contributed by atoms with Crippen molar-refractivity contribution in [1.82, 2.24) is 10.2 Å². The average Bonchev–Trinajstić information content (AvgIpc) is 2.46. The number of hydrogen-bond acceptors (Lipinski definition) is 2. The zero-order valence-corrected chi connectivity index (χ0v) is 11.2. The Kier molecular flexibility index (Phi) is 4.32. The molecule has 0 radical (unpaired) electrons. The molecule has 1 fully saturated rings. The number of nitrogens with one attached hydrogen (secondary N) is 1. The fourth-order valence-corrected chi connectivity index (χ4v) is 2.37. The molecule has 1 aromatic carbocycles. The van der Waals surface area contributed by atoms with Gasteiger partial charge in [0.25, 0.3) is 5.91 Å². The van der Waals surface area contributed by atoms with Crippen molar-refractivity contribution in [3.63, 3.8) is 0 Å². The Labute approximate surface area is 115 Å². The molecule has 110 valence electrons. The summed E-state index contributed by atoms with van der Waals surface area (Å²) in [4.78, 5) is 13.9. The van der Waals surface area contributed by atoms with Gasteiger partial charge in [-0.2, -0.15) is 13.2 Å². The molecule has 1 saturated heterocycles. The summed E-state index contributed by atoms with van der Waals surface area (Å²) in [5.74, 6) is -0.231. The number of halogens is 3. The molecule has 1 aromatic rings. The Hall–Kier alpha value is -1.56. The van der Waals surface area contributed by atoms with Crippen LogP contribution in [0.3, 0.4) is 0 Å². The summed E-state index contributed by atoms with van der Waals surface area (Å²) in [5, 5.41) is 3.21. The van der Waals surface area contributed by atoms with Crippen molar-refractivity contribution >= 4 is 5.91 Å². The first-order valence-electron chi connectivity index (χ1n) is 6.55. The Morgan fingerprint density at radius 2 is 1.75 bits per heavy atom. The first kappa shape index (κ1) is 14.8. The molecule has 1 aliphatic heterocycles.